The van der Waals surface area contributed by atoms with Gasteiger partial charge in [0.1, 0.15) is 12.0 Å². The minimum absolute atomic E-state index is 0.289. The van der Waals surface area contributed by atoms with Gasteiger partial charge in [-0.3, -0.25) is 0 Å². The van der Waals surface area contributed by atoms with Crippen LogP contribution in [0.1, 0.15) is 26.7 Å². The predicted molar refractivity (Wildman–Crippen MR) is 55.3 cm³/mol. The molecule has 7 heteroatoms. The van der Waals surface area contributed by atoms with Crippen molar-refractivity contribution < 1.29 is 23.0 Å². The van der Waals surface area contributed by atoms with Gasteiger partial charge in [-0.2, -0.15) is 12.7 Å². The molecular formula is C9H18N2O4S. The van der Waals surface area contributed by atoms with Crippen LogP contribution in [0, 0.1) is 5.92 Å². The fraction of sp³-hybridized carbons (Fsp3) is 0.889. The normalized spacial score (nSPS) is 20.2. The Morgan fingerprint density at radius 3 is 2.19 bits per heavy atom. The number of quaternary nitrogens is 1. The van der Waals surface area contributed by atoms with E-state index in [1.165, 1.54) is 4.31 Å². The van der Waals surface area contributed by atoms with Crippen LogP contribution >= 0.6 is 0 Å². The van der Waals surface area contributed by atoms with E-state index >= 15 is 0 Å². The predicted octanol–water partition coefficient (Wildman–Crippen LogP) is -2.34. The van der Waals surface area contributed by atoms with Crippen LogP contribution in [0.5, 0.6) is 0 Å². The molecule has 1 atom stereocenters. The molecule has 0 aromatic heterocycles. The van der Waals surface area contributed by atoms with E-state index in [-0.39, 0.29) is 5.92 Å². The van der Waals surface area contributed by atoms with Gasteiger partial charge in [-0.15, -0.1) is 0 Å². The van der Waals surface area contributed by atoms with Gasteiger partial charge >= 0.3 is 10.2 Å². The Morgan fingerprint density at radius 2 is 1.81 bits per heavy atom. The van der Waals surface area contributed by atoms with Crippen molar-refractivity contribution in [1.82, 2.24) is 4.31 Å². The monoisotopic (exact) mass is 250 g/mol. The first kappa shape index (κ1) is 13.4. The third-order valence-corrected chi connectivity index (χ3v) is 4.46. The summed E-state index contributed by atoms with van der Waals surface area (Å²) in [6.07, 6.45) is 1.68. The molecule has 1 rings (SSSR count). The first-order valence-electron chi connectivity index (χ1n) is 5.40. The van der Waals surface area contributed by atoms with Gasteiger partial charge in [0.25, 0.3) is 0 Å². The lowest BCUT2D eigenvalue weighted by Crippen LogP contribution is -2.98. The Hall–Kier alpha value is -0.660. The highest BCUT2D eigenvalue weighted by Gasteiger charge is 2.33. The van der Waals surface area contributed by atoms with Crippen molar-refractivity contribution in [1.29, 1.82) is 0 Å². The van der Waals surface area contributed by atoms with Crippen molar-refractivity contribution >= 4 is 16.2 Å². The number of hydrogen-bond donors (Lipinski definition) is 1. The van der Waals surface area contributed by atoms with Gasteiger partial charge < -0.3 is 9.90 Å². The number of carboxylic acids is 1. The summed E-state index contributed by atoms with van der Waals surface area (Å²) >= 11 is 0. The Balaban J connectivity index is 2.73. The van der Waals surface area contributed by atoms with Gasteiger partial charge in [0.2, 0.25) is 0 Å². The molecule has 94 valence electrons. The molecule has 16 heavy (non-hydrogen) atoms. The SMILES string of the molecule is CC(C)[C@H]([NH2+]S(=O)(=O)N1CCCC1)C(=O)[O-]. The van der Waals surface area contributed by atoms with Gasteiger partial charge in [-0.25, -0.2) is 4.72 Å². The number of nitrogens with zero attached hydrogens (tertiary/aromatic N) is 1. The summed E-state index contributed by atoms with van der Waals surface area (Å²) in [5.74, 6) is -1.62. The lowest BCUT2D eigenvalue weighted by Gasteiger charge is -2.22. The molecule has 0 amide bonds. The van der Waals surface area contributed by atoms with Crippen molar-refractivity contribution in [3.63, 3.8) is 0 Å². The first-order valence-corrected chi connectivity index (χ1v) is 6.91. The zero-order valence-corrected chi connectivity index (χ0v) is 10.4. The van der Waals surface area contributed by atoms with E-state index in [0.717, 1.165) is 17.6 Å². The maximum atomic E-state index is 11.8. The molecule has 0 aromatic rings. The molecule has 0 aromatic carbocycles. The van der Waals surface area contributed by atoms with E-state index in [9.17, 15) is 18.3 Å². The summed E-state index contributed by atoms with van der Waals surface area (Å²) in [4.78, 5) is 10.8. The Bertz CT molecular complexity index is 347. The van der Waals surface area contributed by atoms with E-state index in [2.05, 4.69) is 0 Å². The second-order valence-electron chi connectivity index (χ2n) is 4.38. The highest BCUT2D eigenvalue weighted by molar-refractivity contribution is 7.82. The van der Waals surface area contributed by atoms with Gasteiger partial charge in [-0.1, -0.05) is 13.8 Å². The topological polar surface area (TPSA) is 94.1 Å². The molecule has 1 fully saturated rings. The van der Waals surface area contributed by atoms with Crippen LogP contribution in [-0.2, 0) is 15.0 Å². The zero-order valence-electron chi connectivity index (χ0n) is 9.55. The summed E-state index contributed by atoms with van der Waals surface area (Å²) in [7, 11) is -3.56. The van der Waals surface area contributed by atoms with Crippen molar-refractivity contribution in [2.45, 2.75) is 32.7 Å². The van der Waals surface area contributed by atoms with Crippen LogP contribution in [-0.4, -0.2) is 37.8 Å². The number of hydrogen-bond acceptors (Lipinski definition) is 4. The molecule has 1 heterocycles. The van der Waals surface area contributed by atoms with Crippen LogP contribution in [0.4, 0.5) is 0 Å². The second-order valence-corrected chi connectivity index (χ2v) is 6.19. The quantitative estimate of drug-likeness (QED) is 0.592. The lowest BCUT2D eigenvalue weighted by molar-refractivity contribution is -0.551. The number of carbonyl (C=O) groups excluding carboxylic acids is 1. The van der Waals surface area contributed by atoms with E-state index in [0.29, 0.717) is 13.1 Å². The number of carboxylic acid groups (broad SMARTS) is 1. The fourth-order valence-electron chi connectivity index (χ4n) is 1.70. The highest BCUT2D eigenvalue weighted by atomic mass is 32.2. The standard InChI is InChI=1S/C9H18N2O4S/c1-7(2)8(9(12)13)10-16(14,15)11-5-3-4-6-11/h7-8,10H,3-6H2,1-2H3,(H,12,13)/t8-/m0/s1. The van der Waals surface area contributed by atoms with E-state index in [1.54, 1.807) is 13.8 Å². The van der Waals surface area contributed by atoms with Gasteiger partial charge in [-0.05, 0) is 12.8 Å². The average Bonchev–Trinajstić information content (AvgIpc) is 2.66. The van der Waals surface area contributed by atoms with Crippen molar-refractivity contribution in [2.75, 3.05) is 13.1 Å². The minimum atomic E-state index is -3.56. The minimum Gasteiger partial charge on any atom is -0.544 e. The average molecular weight is 250 g/mol. The Kier molecular flexibility index (Phi) is 4.28. The van der Waals surface area contributed by atoms with Gasteiger partial charge in [0.15, 0.2) is 0 Å². The van der Waals surface area contributed by atoms with Crippen LogP contribution in [0.15, 0.2) is 0 Å². The molecule has 0 spiro atoms. The maximum absolute atomic E-state index is 11.8. The molecule has 6 nitrogen and oxygen atoms in total. The van der Waals surface area contributed by atoms with E-state index in [4.69, 9.17) is 0 Å². The summed E-state index contributed by atoms with van der Waals surface area (Å²) in [6, 6.07) is -1.05. The van der Waals surface area contributed by atoms with Crippen LogP contribution in [0.3, 0.4) is 0 Å². The summed E-state index contributed by atoms with van der Waals surface area (Å²) in [5.41, 5.74) is 0. The molecule has 1 aliphatic rings. The second kappa shape index (κ2) is 5.11. The van der Waals surface area contributed by atoms with Gasteiger partial charge in [0.05, 0.1) is 0 Å². The third kappa shape index (κ3) is 3.16. The van der Waals surface area contributed by atoms with E-state index in [1.807, 2.05) is 0 Å². The molecule has 0 saturated carbocycles. The molecule has 0 aliphatic carbocycles. The first-order chi connectivity index (χ1) is 7.34. The largest absolute Gasteiger partial charge is 0.544 e. The molecule has 0 radical (unpaired) electrons. The van der Waals surface area contributed by atoms with Crippen LogP contribution in [0.25, 0.3) is 0 Å². The number of carbonyl (C=O) groups is 1. The molecular weight excluding hydrogens is 232 g/mol. The molecule has 0 bridgehead atoms. The maximum Gasteiger partial charge on any atom is 0.369 e. The van der Waals surface area contributed by atoms with Gasteiger partial charge in [0, 0.05) is 19.0 Å². The Morgan fingerprint density at radius 1 is 1.31 bits per heavy atom. The molecule has 0 unspecified atom stereocenters. The fourth-order valence-corrected chi connectivity index (χ4v) is 3.43. The van der Waals surface area contributed by atoms with Crippen molar-refractivity contribution in [3.8, 4) is 0 Å². The molecule has 1 saturated heterocycles. The van der Waals surface area contributed by atoms with Crippen molar-refractivity contribution in [2.24, 2.45) is 5.92 Å². The summed E-state index contributed by atoms with van der Waals surface area (Å²) < 4.78 is 25.9. The van der Waals surface area contributed by atoms with Crippen LogP contribution in [0.2, 0.25) is 0 Å². The number of rotatable bonds is 5. The summed E-state index contributed by atoms with van der Waals surface area (Å²) in [5, 5.41) is 10.8. The van der Waals surface area contributed by atoms with E-state index < -0.39 is 22.2 Å². The lowest BCUT2D eigenvalue weighted by atomic mass is 10.1. The van der Waals surface area contributed by atoms with Crippen molar-refractivity contribution in [3.05, 3.63) is 0 Å². The highest BCUT2D eigenvalue weighted by Crippen LogP contribution is 2.09. The third-order valence-electron chi connectivity index (χ3n) is 2.73. The summed E-state index contributed by atoms with van der Waals surface area (Å²) in [6.45, 7) is 4.29. The Labute approximate surface area is 95.8 Å². The van der Waals surface area contributed by atoms with Crippen LogP contribution < -0.4 is 9.83 Å². The zero-order chi connectivity index (χ0) is 12.3. The smallest absolute Gasteiger partial charge is 0.369 e. The number of nitrogens with two attached hydrogens (primary N) is 1. The molecule has 1 aliphatic heterocycles. The number of aliphatic carboxylic acids is 1. The molecule has 2 N–H and O–H groups in total.